The highest BCUT2D eigenvalue weighted by molar-refractivity contribution is 7.17. The molecule has 35 heavy (non-hydrogen) atoms. The monoisotopic (exact) mass is 484 g/mol. The molecule has 5 nitrogen and oxygen atoms in total. The van der Waals surface area contributed by atoms with Crippen LogP contribution in [0.1, 0.15) is 64.3 Å². The number of aromatic nitrogens is 1. The van der Waals surface area contributed by atoms with Crippen molar-refractivity contribution in [1.29, 1.82) is 0 Å². The Morgan fingerprint density at radius 2 is 1.71 bits per heavy atom. The normalized spacial score (nSPS) is 13.3. The first-order chi connectivity index (χ1) is 17.0. The summed E-state index contributed by atoms with van der Waals surface area (Å²) >= 11 is 1.51. The van der Waals surface area contributed by atoms with Crippen molar-refractivity contribution in [3.05, 3.63) is 82.2 Å². The van der Waals surface area contributed by atoms with Gasteiger partial charge in [-0.15, -0.1) is 11.3 Å². The lowest BCUT2D eigenvalue weighted by molar-refractivity contribution is 0.0378. The number of nitrogens with zero attached hydrogens (tertiary/aromatic N) is 1. The number of benzene rings is 2. The van der Waals surface area contributed by atoms with Crippen molar-refractivity contribution in [2.45, 2.75) is 52.1 Å². The zero-order valence-electron chi connectivity index (χ0n) is 20.0. The maximum atomic E-state index is 13.7. The van der Waals surface area contributed by atoms with E-state index in [4.69, 9.17) is 9.72 Å². The average molecular weight is 485 g/mol. The van der Waals surface area contributed by atoms with E-state index in [1.807, 2.05) is 74.5 Å². The largest absolute Gasteiger partial charge is 0.459 e. The minimum Gasteiger partial charge on any atom is -0.459 e. The Hall–Kier alpha value is -3.51. The fraction of sp³-hybridized carbons (Fsp3) is 0.276. The Kier molecular flexibility index (Phi) is 6.64. The molecule has 0 saturated heterocycles. The summed E-state index contributed by atoms with van der Waals surface area (Å²) < 4.78 is 5.58. The second-order valence-electron chi connectivity index (χ2n) is 9.11. The van der Waals surface area contributed by atoms with Gasteiger partial charge in [-0.2, -0.15) is 0 Å². The van der Waals surface area contributed by atoms with Gasteiger partial charge in [0, 0.05) is 15.8 Å². The predicted molar refractivity (Wildman–Crippen MR) is 141 cm³/mol. The fourth-order valence-electron chi connectivity index (χ4n) is 4.61. The van der Waals surface area contributed by atoms with Crippen molar-refractivity contribution in [2.75, 3.05) is 5.32 Å². The first-order valence-corrected chi connectivity index (χ1v) is 12.9. The van der Waals surface area contributed by atoms with Gasteiger partial charge in [-0.3, -0.25) is 4.79 Å². The first kappa shape index (κ1) is 23.2. The molecule has 2 aromatic heterocycles. The zero-order chi connectivity index (χ0) is 24.4. The predicted octanol–water partition coefficient (Wildman–Crippen LogP) is 7.05. The van der Waals surface area contributed by atoms with Gasteiger partial charge in [0.25, 0.3) is 5.91 Å². The summed E-state index contributed by atoms with van der Waals surface area (Å²) in [4.78, 5) is 32.8. The first-order valence-electron chi connectivity index (χ1n) is 12.1. The van der Waals surface area contributed by atoms with Crippen LogP contribution < -0.4 is 5.32 Å². The van der Waals surface area contributed by atoms with Gasteiger partial charge in [-0.05, 0) is 57.2 Å². The number of hydrogen-bond acceptors (Lipinski definition) is 5. The summed E-state index contributed by atoms with van der Waals surface area (Å²) in [7, 11) is 0. The highest BCUT2D eigenvalue weighted by atomic mass is 32.1. The van der Waals surface area contributed by atoms with E-state index in [0.29, 0.717) is 16.1 Å². The molecule has 0 aliphatic heterocycles. The minimum atomic E-state index is -0.362. The molecule has 1 N–H and O–H groups in total. The lowest BCUT2D eigenvalue weighted by Gasteiger charge is -2.13. The van der Waals surface area contributed by atoms with Crippen LogP contribution >= 0.6 is 11.3 Å². The second kappa shape index (κ2) is 10.0. The third kappa shape index (κ3) is 4.84. The summed E-state index contributed by atoms with van der Waals surface area (Å²) in [5.41, 5.74) is 4.52. The Balaban J connectivity index is 1.57. The van der Waals surface area contributed by atoms with Crippen LogP contribution in [-0.2, 0) is 17.6 Å². The van der Waals surface area contributed by atoms with E-state index in [-0.39, 0.29) is 18.0 Å². The molecule has 2 aromatic carbocycles. The molecule has 1 aliphatic rings. The quantitative estimate of drug-likeness (QED) is 0.243. The van der Waals surface area contributed by atoms with Gasteiger partial charge in [-0.1, -0.05) is 55.0 Å². The van der Waals surface area contributed by atoms with Gasteiger partial charge in [0.05, 0.1) is 28.4 Å². The summed E-state index contributed by atoms with van der Waals surface area (Å²) in [6, 6.07) is 19.3. The summed E-state index contributed by atoms with van der Waals surface area (Å²) in [6.07, 6.45) is 4.80. The fourth-order valence-corrected chi connectivity index (χ4v) is 5.88. The lowest BCUT2D eigenvalue weighted by atomic mass is 10.0. The van der Waals surface area contributed by atoms with Crippen molar-refractivity contribution in [1.82, 2.24) is 4.98 Å². The van der Waals surface area contributed by atoms with Crippen LogP contribution in [-0.4, -0.2) is 23.0 Å². The highest BCUT2D eigenvalue weighted by Crippen LogP contribution is 2.38. The summed E-state index contributed by atoms with van der Waals surface area (Å²) in [5.74, 6) is -0.616. The van der Waals surface area contributed by atoms with Gasteiger partial charge >= 0.3 is 5.97 Å². The topological polar surface area (TPSA) is 68.3 Å². The zero-order valence-corrected chi connectivity index (χ0v) is 20.8. The molecule has 0 bridgehead atoms. The molecule has 0 radical (unpaired) electrons. The Morgan fingerprint density at radius 3 is 2.51 bits per heavy atom. The third-order valence-electron chi connectivity index (χ3n) is 6.23. The molecule has 4 aromatic rings. The summed E-state index contributed by atoms with van der Waals surface area (Å²) in [5, 5.41) is 4.43. The number of aryl methyl sites for hydroxylation is 1. The van der Waals surface area contributed by atoms with Crippen LogP contribution in [0.4, 0.5) is 5.00 Å². The Bertz CT molecular complexity index is 1390. The van der Waals surface area contributed by atoms with Gasteiger partial charge in [0.1, 0.15) is 5.00 Å². The van der Waals surface area contributed by atoms with Gasteiger partial charge < -0.3 is 10.1 Å². The van der Waals surface area contributed by atoms with Crippen LogP contribution in [0, 0.1) is 0 Å². The van der Waals surface area contributed by atoms with Crippen molar-refractivity contribution >= 4 is 39.1 Å². The molecule has 0 fully saturated rings. The van der Waals surface area contributed by atoms with Crippen LogP contribution in [0.2, 0.25) is 0 Å². The molecule has 5 rings (SSSR count). The van der Waals surface area contributed by atoms with Gasteiger partial charge in [0.15, 0.2) is 0 Å². The SMILES string of the molecule is CC(C)OC(=O)c1c(NC(=O)c2cc(-c3ccccc3)nc3ccccc23)sc2c1CCCCC2. The Labute approximate surface area is 209 Å². The summed E-state index contributed by atoms with van der Waals surface area (Å²) in [6.45, 7) is 3.69. The number of ether oxygens (including phenoxy) is 1. The van der Waals surface area contributed by atoms with E-state index in [0.717, 1.165) is 59.8 Å². The number of fused-ring (bicyclic) bond motifs is 2. The van der Waals surface area contributed by atoms with Crippen molar-refractivity contribution in [3.8, 4) is 11.3 Å². The van der Waals surface area contributed by atoms with Crippen molar-refractivity contribution < 1.29 is 14.3 Å². The number of carbonyl (C=O) groups is 2. The minimum absolute atomic E-state index is 0.232. The van der Waals surface area contributed by atoms with E-state index in [1.54, 1.807) is 0 Å². The maximum Gasteiger partial charge on any atom is 0.341 e. The third-order valence-corrected chi connectivity index (χ3v) is 7.43. The lowest BCUT2D eigenvalue weighted by Crippen LogP contribution is -2.18. The average Bonchev–Trinajstić information content (AvgIpc) is 3.03. The van der Waals surface area contributed by atoms with E-state index in [1.165, 1.54) is 16.2 Å². The van der Waals surface area contributed by atoms with Crippen LogP contribution in [0.5, 0.6) is 0 Å². The molecule has 1 aliphatic carbocycles. The number of pyridine rings is 1. The van der Waals surface area contributed by atoms with Crippen LogP contribution in [0.3, 0.4) is 0 Å². The number of esters is 1. The number of amides is 1. The van der Waals surface area contributed by atoms with Crippen molar-refractivity contribution in [3.63, 3.8) is 0 Å². The second-order valence-corrected chi connectivity index (χ2v) is 10.2. The molecular weight excluding hydrogens is 456 g/mol. The number of anilines is 1. The molecule has 0 saturated carbocycles. The van der Waals surface area contributed by atoms with Gasteiger partial charge in [-0.25, -0.2) is 9.78 Å². The number of rotatable bonds is 5. The molecule has 0 atom stereocenters. The van der Waals surface area contributed by atoms with E-state index in [2.05, 4.69) is 5.32 Å². The number of para-hydroxylation sites is 1. The Morgan fingerprint density at radius 1 is 0.971 bits per heavy atom. The number of thiophene rings is 1. The number of carbonyl (C=O) groups excluding carboxylic acids is 2. The molecule has 2 heterocycles. The maximum absolute atomic E-state index is 13.7. The highest BCUT2D eigenvalue weighted by Gasteiger charge is 2.28. The molecule has 178 valence electrons. The molecule has 0 unspecified atom stereocenters. The molecule has 6 heteroatoms. The van der Waals surface area contributed by atoms with Crippen LogP contribution in [0.15, 0.2) is 60.7 Å². The molecule has 0 spiro atoms. The number of hydrogen-bond donors (Lipinski definition) is 1. The number of nitrogens with one attached hydrogen (secondary N) is 1. The molecular formula is C29H28N2O3S. The van der Waals surface area contributed by atoms with Crippen molar-refractivity contribution in [2.24, 2.45) is 0 Å². The van der Waals surface area contributed by atoms with Gasteiger partial charge in [0.2, 0.25) is 0 Å². The van der Waals surface area contributed by atoms with Crippen LogP contribution in [0.25, 0.3) is 22.2 Å². The van der Waals surface area contributed by atoms with E-state index >= 15 is 0 Å². The van der Waals surface area contributed by atoms with E-state index in [9.17, 15) is 9.59 Å². The molecule has 1 amide bonds. The van der Waals surface area contributed by atoms with E-state index < -0.39 is 0 Å². The standard InChI is InChI=1S/C29H28N2O3S/c1-18(2)34-29(33)26-21-14-7-4-8-16-25(21)35-28(26)31-27(32)22-17-24(19-11-5-3-6-12-19)30-23-15-10-9-13-20(22)23/h3,5-6,9-13,15,17-18H,4,7-8,14,16H2,1-2H3,(H,31,32). The smallest absolute Gasteiger partial charge is 0.341 e.